The van der Waals surface area contributed by atoms with Crippen LogP contribution < -0.4 is 14.2 Å². The topological polar surface area (TPSA) is 57.2 Å². The summed E-state index contributed by atoms with van der Waals surface area (Å²) in [5.41, 5.74) is 3.15. The molecule has 1 heterocycles. The van der Waals surface area contributed by atoms with Crippen LogP contribution in [0.25, 0.3) is 6.08 Å². The maximum Gasteiger partial charge on any atom is 0.265 e. The number of rotatable bonds is 10. The Morgan fingerprint density at radius 2 is 1.79 bits per heavy atom. The molecule has 1 saturated heterocycles. The molecule has 2 aromatic carbocycles. The summed E-state index contributed by atoms with van der Waals surface area (Å²) < 4.78 is 23.0. The van der Waals surface area contributed by atoms with Gasteiger partial charge >= 0.3 is 0 Å². The van der Waals surface area contributed by atoms with Gasteiger partial charge in [0.15, 0.2) is 11.5 Å². The lowest BCUT2D eigenvalue weighted by molar-refractivity contribution is -0.121. The van der Waals surface area contributed by atoms with Gasteiger partial charge in [-0.25, -0.2) is 0 Å². The van der Waals surface area contributed by atoms with Crippen LogP contribution in [0.15, 0.2) is 35.2 Å². The van der Waals surface area contributed by atoms with Crippen LogP contribution in [0.3, 0.4) is 0 Å². The Hall–Kier alpha value is -2.26. The Morgan fingerprint density at radius 3 is 2.42 bits per heavy atom. The smallest absolute Gasteiger partial charge is 0.265 e. The molecule has 3 rings (SSSR count). The van der Waals surface area contributed by atoms with E-state index in [1.165, 1.54) is 34.9 Å². The molecule has 0 unspecified atom stereocenters. The number of hydrogen-bond donors (Lipinski definition) is 0. The van der Waals surface area contributed by atoms with Crippen molar-refractivity contribution in [2.75, 3.05) is 40.6 Å². The van der Waals surface area contributed by atoms with E-state index >= 15 is 0 Å². The summed E-state index contributed by atoms with van der Waals surface area (Å²) in [4.78, 5) is 14.2. The van der Waals surface area contributed by atoms with E-state index in [1.54, 1.807) is 25.3 Å². The second kappa shape index (κ2) is 11.7. The minimum Gasteiger partial charge on any atom is -0.493 e. The van der Waals surface area contributed by atoms with Crippen LogP contribution in [0.1, 0.15) is 16.7 Å². The van der Waals surface area contributed by atoms with Crippen molar-refractivity contribution in [2.24, 2.45) is 0 Å². The second-order valence-electron chi connectivity index (χ2n) is 7.33. The molecule has 33 heavy (non-hydrogen) atoms. The van der Waals surface area contributed by atoms with E-state index < -0.39 is 0 Å². The number of methoxy groups -OCH3 is 1. The fourth-order valence-corrected chi connectivity index (χ4v) is 4.44. The van der Waals surface area contributed by atoms with Gasteiger partial charge in [0.1, 0.15) is 23.3 Å². The van der Waals surface area contributed by atoms with E-state index in [1.807, 2.05) is 18.2 Å². The number of carbonyl (C=O) groups is 1. The average molecular weight is 508 g/mol. The van der Waals surface area contributed by atoms with E-state index in [4.69, 9.17) is 42.8 Å². The zero-order valence-corrected chi connectivity index (χ0v) is 21.4. The molecule has 0 spiro atoms. The number of halogens is 1. The summed E-state index contributed by atoms with van der Waals surface area (Å²) >= 11 is 12.8. The average Bonchev–Trinajstić information content (AvgIpc) is 3.02. The summed E-state index contributed by atoms with van der Waals surface area (Å²) in [5.74, 6) is 1.59. The second-order valence-corrected chi connectivity index (χ2v) is 9.41. The minimum absolute atomic E-state index is 0.140. The Bertz CT molecular complexity index is 1070. The Labute approximate surface area is 208 Å². The third-order valence-corrected chi connectivity index (χ3v) is 6.75. The first-order valence-corrected chi connectivity index (χ1v) is 11.9. The molecule has 0 N–H and O–H groups in total. The Balaban J connectivity index is 1.49. The van der Waals surface area contributed by atoms with Gasteiger partial charge in [-0.3, -0.25) is 9.69 Å². The van der Waals surface area contributed by atoms with Gasteiger partial charge in [0.2, 0.25) is 0 Å². The zero-order valence-electron chi connectivity index (χ0n) is 19.0. The van der Waals surface area contributed by atoms with Gasteiger partial charge in [0.05, 0.1) is 30.3 Å². The highest BCUT2D eigenvalue weighted by Gasteiger charge is 2.28. The van der Waals surface area contributed by atoms with Gasteiger partial charge in [-0.05, 0) is 60.9 Å². The normalized spacial score (nSPS) is 14.8. The minimum atomic E-state index is -0.140. The van der Waals surface area contributed by atoms with Crippen LogP contribution in [0, 0.1) is 13.8 Å². The maximum atomic E-state index is 12.2. The molecule has 176 valence electrons. The molecular weight excluding hydrogens is 482 g/mol. The predicted octanol–water partition coefficient (Wildman–Crippen LogP) is 5.27. The van der Waals surface area contributed by atoms with Crippen molar-refractivity contribution in [3.63, 3.8) is 0 Å². The van der Waals surface area contributed by atoms with Crippen LogP contribution in [-0.2, 0) is 9.53 Å². The first-order chi connectivity index (χ1) is 15.8. The SMILES string of the molecule is COc1cc(/C=C2\SC(=S)N(C)C2=O)cc(Cl)c1OCCOCCOc1ccc(C)c(C)c1. The Kier molecular flexibility index (Phi) is 9.02. The predicted molar refractivity (Wildman–Crippen MR) is 137 cm³/mol. The monoisotopic (exact) mass is 507 g/mol. The van der Waals surface area contributed by atoms with Crippen molar-refractivity contribution in [3.8, 4) is 17.2 Å². The standard InChI is InChI=1S/C24H26ClNO5S2/c1-15-5-6-18(11-16(15)2)30-9-7-29-8-10-31-22-19(25)12-17(13-20(22)28-4)14-21-23(27)26(3)24(32)33-21/h5-6,11-14H,7-10H2,1-4H3/b21-14-. The van der Waals surface area contributed by atoms with Crippen LogP contribution >= 0.6 is 35.6 Å². The van der Waals surface area contributed by atoms with Gasteiger partial charge < -0.3 is 18.9 Å². The Morgan fingerprint density at radius 1 is 1.06 bits per heavy atom. The first kappa shape index (κ1) is 25.4. The van der Waals surface area contributed by atoms with Crippen LogP contribution in [0.5, 0.6) is 17.2 Å². The quantitative estimate of drug-likeness (QED) is 0.246. The van der Waals surface area contributed by atoms with Gasteiger partial charge in [-0.2, -0.15) is 0 Å². The summed E-state index contributed by atoms with van der Waals surface area (Å²) in [6.07, 6.45) is 1.74. The van der Waals surface area contributed by atoms with E-state index in [-0.39, 0.29) is 5.91 Å². The van der Waals surface area contributed by atoms with Crippen LogP contribution in [-0.4, -0.2) is 55.7 Å². The number of aryl methyl sites for hydroxylation is 2. The fraction of sp³-hybridized carbons (Fsp3) is 0.333. The van der Waals surface area contributed by atoms with Crippen LogP contribution in [0.4, 0.5) is 0 Å². The van der Waals surface area contributed by atoms with Crippen molar-refractivity contribution >= 4 is 51.9 Å². The number of likely N-dealkylation sites (N-methyl/N-ethyl adjacent to an activating group) is 1. The van der Waals surface area contributed by atoms with Crippen molar-refractivity contribution in [3.05, 3.63) is 56.9 Å². The fourth-order valence-electron chi connectivity index (χ4n) is 2.99. The van der Waals surface area contributed by atoms with Gasteiger partial charge in [-0.1, -0.05) is 41.6 Å². The highest BCUT2D eigenvalue weighted by molar-refractivity contribution is 8.26. The van der Waals surface area contributed by atoms with E-state index in [0.29, 0.717) is 52.2 Å². The van der Waals surface area contributed by atoms with Gasteiger partial charge in [0, 0.05) is 7.05 Å². The lowest BCUT2D eigenvalue weighted by Crippen LogP contribution is -2.22. The molecule has 0 aliphatic carbocycles. The number of thioether (sulfide) groups is 1. The van der Waals surface area contributed by atoms with Crippen molar-refractivity contribution in [2.45, 2.75) is 13.8 Å². The number of amides is 1. The molecule has 1 fully saturated rings. The number of carbonyl (C=O) groups excluding carboxylic acids is 1. The molecule has 6 nitrogen and oxygen atoms in total. The van der Waals surface area contributed by atoms with Crippen molar-refractivity contribution in [1.82, 2.24) is 4.90 Å². The number of nitrogens with zero attached hydrogens (tertiary/aromatic N) is 1. The van der Waals surface area contributed by atoms with E-state index in [2.05, 4.69) is 13.8 Å². The highest BCUT2D eigenvalue weighted by Crippen LogP contribution is 2.38. The molecule has 0 atom stereocenters. The van der Waals surface area contributed by atoms with Crippen molar-refractivity contribution in [1.29, 1.82) is 0 Å². The maximum absolute atomic E-state index is 12.2. The highest BCUT2D eigenvalue weighted by atomic mass is 35.5. The summed E-state index contributed by atoms with van der Waals surface area (Å²) in [7, 11) is 3.19. The molecule has 1 aliphatic heterocycles. The third kappa shape index (κ3) is 6.63. The molecule has 0 bridgehead atoms. The summed E-state index contributed by atoms with van der Waals surface area (Å²) in [6, 6.07) is 9.49. The van der Waals surface area contributed by atoms with Gasteiger partial charge in [0.25, 0.3) is 5.91 Å². The summed E-state index contributed by atoms with van der Waals surface area (Å²) in [5, 5.41) is 0.380. The number of benzene rings is 2. The number of hydrogen-bond acceptors (Lipinski definition) is 7. The largest absolute Gasteiger partial charge is 0.493 e. The van der Waals surface area contributed by atoms with Crippen molar-refractivity contribution < 1.29 is 23.7 Å². The molecule has 0 saturated carbocycles. The van der Waals surface area contributed by atoms with Crippen LogP contribution in [0.2, 0.25) is 5.02 Å². The zero-order chi connectivity index (χ0) is 24.0. The molecule has 1 aliphatic rings. The lowest BCUT2D eigenvalue weighted by Gasteiger charge is -2.14. The summed E-state index contributed by atoms with van der Waals surface area (Å²) in [6.45, 7) is 5.68. The molecule has 1 amide bonds. The van der Waals surface area contributed by atoms with Gasteiger partial charge in [-0.15, -0.1) is 0 Å². The van der Waals surface area contributed by atoms with E-state index in [0.717, 1.165) is 11.3 Å². The molecular formula is C24H26ClNO5S2. The third-order valence-electron chi connectivity index (χ3n) is 4.98. The number of thiocarbonyl (C=S) groups is 1. The molecule has 2 aromatic rings. The first-order valence-electron chi connectivity index (χ1n) is 10.3. The number of ether oxygens (including phenoxy) is 4. The molecule has 0 radical (unpaired) electrons. The molecule has 0 aromatic heterocycles. The van der Waals surface area contributed by atoms with E-state index in [9.17, 15) is 4.79 Å². The molecule has 9 heteroatoms. The lowest BCUT2D eigenvalue weighted by atomic mass is 10.1.